The molecule has 0 aliphatic carbocycles. The summed E-state index contributed by atoms with van der Waals surface area (Å²) in [5.74, 6) is 0.419. The van der Waals surface area contributed by atoms with E-state index < -0.39 is 24.1 Å². The van der Waals surface area contributed by atoms with Gasteiger partial charge in [0.2, 0.25) is 0 Å². The lowest BCUT2D eigenvalue weighted by atomic mass is 10.0. The Morgan fingerprint density at radius 1 is 0.176 bits per heavy atom. The highest BCUT2D eigenvalue weighted by molar-refractivity contribution is 6.11. The number of hydrogen-bond acceptors (Lipinski definition) is 8. The summed E-state index contributed by atoms with van der Waals surface area (Å²) in [6.45, 7) is 8.35. The van der Waals surface area contributed by atoms with Crippen LogP contribution in [0.3, 0.4) is 0 Å². The number of anilines is 16. The molecule has 0 aliphatic heterocycles. The number of urea groups is 8. The summed E-state index contributed by atoms with van der Waals surface area (Å²) >= 11 is 0. The summed E-state index contributed by atoms with van der Waals surface area (Å²) in [6, 6.07) is 62.3. The van der Waals surface area contributed by atoms with Crippen molar-refractivity contribution < 1.29 is 38.4 Å². The number of benzene rings is 9. The van der Waals surface area contributed by atoms with Gasteiger partial charge in [-0.3, -0.25) is 78.4 Å². The smallest absolute Gasteiger partial charge is 0.297 e. The molecule has 16 amide bonds. The molecule has 0 saturated heterocycles. The zero-order chi connectivity index (χ0) is 78.9. The Morgan fingerprint density at radius 2 is 0.296 bits per heavy atom. The molecule has 0 aromatic heterocycles. The van der Waals surface area contributed by atoms with Crippen LogP contribution in [0.25, 0.3) is 0 Å². The van der Waals surface area contributed by atoms with Crippen molar-refractivity contribution >= 4 is 139 Å². The maximum absolute atomic E-state index is 14.3. The Morgan fingerprint density at radius 3 is 0.426 bits per heavy atom. The molecular formula is C84H98N16O8. The van der Waals surface area contributed by atoms with E-state index >= 15 is 0 Å². The van der Waals surface area contributed by atoms with E-state index in [2.05, 4.69) is 27.7 Å². The number of nitrogens with zero attached hydrogens (tertiary/aromatic N) is 16. The second kappa shape index (κ2) is 33.9. The molecule has 9 aromatic carbocycles. The molecule has 0 aliphatic rings. The summed E-state index contributed by atoms with van der Waals surface area (Å²) in [5, 5.41) is 0. The van der Waals surface area contributed by atoms with Gasteiger partial charge >= 0.3 is 48.2 Å². The maximum atomic E-state index is 14.3. The molecule has 9 rings (SSSR count). The third-order valence-electron chi connectivity index (χ3n) is 19.7. The quantitative estimate of drug-likeness (QED) is 0.0811. The first-order valence-corrected chi connectivity index (χ1v) is 35.2. The van der Waals surface area contributed by atoms with Crippen LogP contribution in [0.15, 0.2) is 218 Å². The second-order valence-corrected chi connectivity index (χ2v) is 27.3. The fourth-order valence-corrected chi connectivity index (χ4v) is 12.5. The van der Waals surface area contributed by atoms with Crippen molar-refractivity contribution in [3.63, 3.8) is 0 Å². The third-order valence-corrected chi connectivity index (χ3v) is 19.7. The standard InChI is InChI=1S/C84H98N16O8/c1-57(2)73-46-21-23-48-75(73)99(19)83(107)97(17)71-44-30-42-69(55-71)95(15)81(105)93(13)67-40-28-38-65(53-67)91(11)79(103)89(9)63-36-26-34-61(51-63)87(7)77(101)85(5)59-32-25-33-60(50-59)86(6)78(102)88(8)62-35-27-37-64(52-62)90(10)80(104)92(12)66-39-29-41-68(54-66)94(14)82(106)96(16)70-43-31-45-72(56-70)98(18)84(108)100(20)76-49-24-22-47-74(76)58(3)4/h21-58H,1-20H3. The van der Waals surface area contributed by atoms with E-state index in [-0.39, 0.29) is 36.0 Å². The molecule has 24 heteroatoms. The van der Waals surface area contributed by atoms with E-state index in [4.69, 9.17) is 0 Å². The minimum atomic E-state index is -0.407. The van der Waals surface area contributed by atoms with Gasteiger partial charge < -0.3 is 0 Å². The Hall–Kier alpha value is -12.9. The van der Waals surface area contributed by atoms with Gasteiger partial charge in [0.05, 0.1) is 0 Å². The summed E-state index contributed by atoms with van der Waals surface area (Å²) < 4.78 is 0. The number of hydrogen-bond donors (Lipinski definition) is 0. The number of rotatable bonds is 18. The van der Waals surface area contributed by atoms with Crippen molar-refractivity contribution in [2.45, 2.75) is 39.5 Å². The van der Waals surface area contributed by atoms with E-state index in [0.29, 0.717) is 79.6 Å². The molecule has 0 bridgehead atoms. The van der Waals surface area contributed by atoms with E-state index in [0.717, 1.165) is 22.5 Å². The molecule has 0 fully saturated rings. The van der Waals surface area contributed by atoms with Gasteiger partial charge in [0, 0.05) is 204 Å². The molecule has 108 heavy (non-hydrogen) atoms. The van der Waals surface area contributed by atoms with Gasteiger partial charge in [-0.25, -0.2) is 38.4 Å². The number of para-hydroxylation sites is 2. The van der Waals surface area contributed by atoms with Crippen LogP contribution in [0.5, 0.6) is 0 Å². The predicted octanol–water partition coefficient (Wildman–Crippen LogP) is 17.5. The summed E-state index contributed by atoms with van der Waals surface area (Å²) in [4.78, 5) is 137. The fourth-order valence-electron chi connectivity index (χ4n) is 12.5. The number of carbonyl (C=O) groups is 8. The van der Waals surface area contributed by atoms with Crippen molar-refractivity contribution in [1.82, 2.24) is 0 Å². The zero-order valence-corrected chi connectivity index (χ0v) is 65.4. The molecule has 0 unspecified atom stereocenters. The van der Waals surface area contributed by atoms with Crippen LogP contribution in [0.4, 0.5) is 129 Å². The molecule has 0 atom stereocenters. The number of carbonyl (C=O) groups excluding carboxylic acids is 8. The van der Waals surface area contributed by atoms with Gasteiger partial charge in [-0.2, -0.15) is 0 Å². The predicted molar refractivity (Wildman–Crippen MR) is 444 cm³/mol. The van der Waals surface area contributed by atoms with Gasteiger partial charge in [-0.1, -0.05) is 107 Å². The van der Waals surface area contributed by atoms with E-state index in [1.165, 1.54) is 58.8 Å². The lowest BCUT2D eigenvalue weighted by Gasteiger charge is -2.30. The molecule has 562 valence electrons. The van der Waals surface area contributed by atoms with E-state index in [1.807, 2.05) is 60.7 Å². The van der Waals surface area contributed by atoms with Crippen molar-refractivity contribution in [1.29, 1.82) is 0 Å². The SMILES string of the molecule is CC(C)c1ccccc1N(C)C(=O)N(C)c1cccc(N(C)C(=O)N(C)c2cccc(N(C)C(=O)N(C)c3cccc(N(C)C(=O)N(C)c4cccc(N(C)C(=O)N(C)c5cccc(N(C)C(=O)N(C)c6cccc(N(C)C(=O)N(C)c7cccc(N(C)C(=O)N(C)c8ccccc8C(C)C)c7)c6)c5)c4)c3)c2)c1. The second-order valence-electron chi connectivity index (χ2n) is 27.3. The summed E-state index contributed by atoms with van der Waals surface area (Å²) in [6.07, 6.45) is 0. The average Bonchev–Trinajstić information content (AvgIpc) is 0.826. The van der Waals surface area contributed by atoms with E-state index in [9.17, 15) is 38.4 Å². The highest BCUT2D eigenvalue weighted by atomic mass is 16.2. The van der Waals surface area contributed by atoms with Crippen LogP contribution in [0.1, 0.15) is 50.7 Å². The van der Waals surface area contributed by atoms with Crippen molar-refractivity contribution in [3.05, 3.63) is 230 Å². The molecule has 9 aromatic rings. The Labute approximate surface area is 634 Å². The highest BCUT2D eigenvalue weighted by Crippen LogP contribution is 2.35. The Bertz CT molecular complexity index is 4520. The summed E-state index contributed by atoms with van der Waals surface area (Å²) in [7, 11) is 26.6. The van der Waals surface area contributed by atoms with E-state index in [1.54, 1.807) is 290 Å². The highest BCUT2D eigenvalue weighted by Gasteiger charge is 2.29. The van der Waals surface area contributed by atoms with Gasteiger partial charge in [0.25, 0.3) is 0 Å². The van der Waals surface area contributed by atoms with Crippen molar-refractivity contribution in [3.8, 4) is 0 Å². The van der Waals surface area contributed by atoms with Crippen LogP contribution in [-0.4, -0.2) is 161 Å². The molecule has 0 radical (unpaired) electrons. The van der Waals surface area contributed by atoms with Crippen molar-refractivity contribution in [2.24, 2.45) is 0 Å². The van der Waals surface area contributed by atoms with Crippen LogP contribution < -0.4 is 78.4 Å². The molecule has 0 heterocycles. The first-order valence-electron chi connectivity index (χ1n) is 35.2. The maximum Gasteiger partial charge on any atom is 0.328 e. The average molecular weight is 1460 g/mol. The minimum absolute atomic E-state index is 0.209. The fraction of sp³-hybridized carbons (Fsp3) is 0.262. The third kappa shape index (κ3) is 17.1. The topological polar surface area (TPSA) is 188 Å². The monoisotopic (exact) mass is 1460 g/mol. The molecular weight excluding hydrogens is 1360 g/mol. The Balaban J connectivity index is 0.788. The van der Waals surface area contributed by atoms with Crippen molar-refractivity contribution in [2.75, 3.05) is 191 Å². The number of amides is 16. The zero-order valence-electron chi connectivity index (χ0n) is 65.4. The minimum Gasteiger partial charge on any atom is -0.297 e. The molecule has 24 nitrogen and oxygen atoms in total. The molecule has 0 spiro atoms. The molecule has 0 N–H and O–H groups in total. The van der Waals surface area contributed by atoms with Crippen LogP contribution in [0.2, 0.25) is 0 Å². The van der Waals surface area contributed by atoms with Crippen LogP contribution in [-0.2, 0) is 0 Å². The lowest BCUT2D eigenvalue weighted by Crippen LogP contribution is -2.41. The normalized spacial score (nSPS) is 10.9. The van der Waals surface area contributed by atoms with Crippen LogP contribution >= 0.6 is 0 Å². The first kappa shape index (κ1) is 79.3. The molecule has 0 saturated carbocycles. The lowest BCUT2D eigenvalue weighted by molar-refractivity contribution is 0.252. The van der Waals surface area contributed by atoms with Gasteiger partial charge in [-0.15, -0.1) is 0 Å². The largest absolute Gasteiger partial charge is 0.328 e. The van der Waals surface area contributed by atoms with Gasteiger partial charge in [0.15, 0.2) is 0 Å². The van der Waals surface area contributed by atoms with Crippen LogP contribution in [0, 0.1) is 0 Å². The first-order chi connectivity index (χ1) is 51.2. The summed E-state index contributed by atoms with van der Waals surface area (Å²) in [5.41, 5.74) is 11.1. The van der Waals surface area contributed by atoms with Gasteiger partial charge in [-0.05, 0) is 162 Å². The Kier molecular flexibility index (Phi) is 24.9. The van der Waals surface area contributed by atoms with Gasteiger partial charge in [0.1, 0.15) is 0 Å².